The van der Waals surface area contributed by atoms with Crippen LogP contribution in [0.4, 0.5) is 11.4 Å². The highest BCUT2D eigenvalue weighted by molar-refractivity contribution is 6.23. The van der Waals surface area contributed by atoms with Crippen LogP contribution in [0.2, 0.25) is 0 Å². The molecule has 0 radical (unpaired) electrons. The number of ether oxygens (including phenoxy) is 2. The van der Waals surface area contributed by atoms with E-state index < -0.39 is 0 Å². The number of hydrogen-bond donors (Lipinski definition) is 0. The molecule has 5 heteroatoms. The maximum atomic E-state index is 13.4. The van der Waals surface area contributed by atoms with Gasteiger partial charge in [-0.1, -0.05) is 42.5 Å². The second-order valence-electron chi connectivity index (χ2n) is 6.01. The van der Waals surface area contributed by atoms with Crippen LogP contribution in [0.3, 0.4) is 0 Å². The third-order valence-corrected chi connectivity index (χ3v) is 4.24. The zero-order chi connectivity index (χ0) is 19.9. The van der Waals surface area contributed by atoms with E-state index in [4.69, 9.17) is 9.47 Å². The smallest absolute Gasteiger partial charge is 0.263 e. The second kappa shape index (κ2) is 8.86. The molecule has 3 aromatic rings. The van der Waals surface area contributed by atoms with Crippen LogP contribution < -0.4 is 14.4 Å². The average Bonchev–Trinajstić information content (AvgIpc) is 2.75. The van der Waals surface area contributed by atoms with Gasteiger partial charge in [0.1, 0.15) is 23.0 Å². The number of rotatable bonds is 5. The van der Waals surface area contributed by atoms with Crippen LogP contribution in [0, 0.1) is 0 Å². The van der Waals surface area contributed by atoms with Crippen LogP contribution in [0.15, 0.2) is 83.9 Å². The minimum atomic E-state index is -0.193. The maximum Gasteiger partial charge on any atom is 0.263 e. The van der Waals surface area contributed by atoms with Gasteiger partial charge in [0, 0.05) is 5.56 Å². The first kappa shape index (κ1) is 19.2. The van der Waals surface area contributed by atoms with E-state index in [1.165, 1.54) is 0 Å². The van der Waals surface area contributed by atoms with Crippen molar-refractivity contribution >= 4 is 23.1 Å². The Morgan fingerprint density at radius 1 is 0.786 bits per heavy atom. The maximum absolute atomic E-state index is 13.4. The summed E-state index contributed by atoms with van der Waals surface area (Å²) in [5.41, 5.74) is 1.82. The van der Waals surface area contributed by atoms with E-state index in [2.05, 4.69) is 4.99 Å². The first-order valence-electron chi connectivity index (χ1n) is 8.86. The summed E-state index contributed by atoms with van der Waals surface area (Å²) in [4.78, 5) is 19.6. The van der Waals surface area contributed by atoms with E-state index in [0.717, 1.165) is 0 Å². The third-order valence-electron chi connectivity index (χ3n) is 4.24. The average molecular weight is 374 g/mol. The van der Waals surface area contributed by atoms with Gasteiger partial charge in [0.2, 0.25) is 0 Å². The largest absolute Gasteiger partial charge is 0.495 e. The number of hydrogen-bond acceptors (Lipinski definition) is 4. The van der Waals surface area contributed by atoms with E-state index in [0.29, 0.717) is 34.3 Å². The highest BCUT2D eigenvalue weighted by Crippen LogP contribution is 2.32. The third kappa shape index (κ3) is 4.04. The van der Waals surface area contributed by atoms with E-state index in [1.54, 1.807) is 38.2 Å². The van der Waals surface area contributed by atoms with Crippen molar-refractivity contribution in [2.24, 2.45) is 4.99 Å². The number of amides is 1. The van der Waals surface area contributed by atoms with Crippen molar-refractivity contribution in [3.8, 4) is 11.5 Å². The van der Waals surface area contributed by atoms with Crippen molar-refractivity contribution in [1.82, 2.24) is 0 Å². The van der Waals surface area contributed by atoms with Crippen LogP contribution in [0.5, 0.6) is 11.5 Å². The molecule has 5 nitrogen and oxygen atoms in total. The zero-order valence-electron chi connectivity index (χ0n) is 16.1. The van der Waals surface area contributed by atoms with Crippen LogP contribution in [0.25, 0.3) is 0 Å². The summed E-state index contributed by atoms with van der Waals surface area (Å²) in [6, 6.07) is 23.9. The number of aliphatic imine (C=N–C) groups is 1. The fourth-order valence-corrected chi connectivity index (χ4v) is 2.90. The summed E-state index contributed by atoms with van der Waals surface area (Å²) in [5, 5.41) is 0. The van der Waals surface area contributed by atoms with Gasteiger partial charge >= 0.3 is 0 Å². The normalized spacial score (nSPS) is 11.0. The molecule has 3 aromatic carbocycles. The molecule has 28 heavy (non-hydrogen) atoms. The minimum Gasteiger partial charge on any atom is -0.495 e. The van der Waals surface area contributed by atoms with Gasteiger partial charge in [-0.3, -0.25) is 9.69 Å². The summed E-state index contributed by atoms with van der Waals surface area (Å²) in [6.45, 7) is 1.79. The Bertz CT molecular complexity index is 984. The number of benzene rings is 3. The molecular formula is C23H22N2O3. The molecule has 0 aliphatic rings. The number of amidine groups is 1. The van der Waals surface area contributed by atoms with E-state index in [-0.39, 0.29) is 5.91 Å². The summed E-state index contributed by atoms with van der Waals surface area (Å²) in [6.07, 6.45) is 0. The van der Waals surface area contributed by atoms with Crippen LogP contribution in [0.1, 0.15) is 17.3 Å². The van der Waals surface area contributed by atoms with Crippen molar-refractivity contribution in [1.29, 1.82) is 0 Å². The van der Waals surface area contributed by atoms with Crippen molar-refractivity contribution < 1.29 is 14.3 Å². The molecule has 0 fully saturated rings. The lowest BCUT2D eigenvalue weighted by Crippen LogP contribution is -2.35. The van der Waals surface area contributed by atoms with Gasteiger partial charge in [0.15, 0.2) is 0 Å². The molecule has 0 aliphatic carbocycles. The first-order valence-corrected chi connectivity index (χ1v) is 8.86. The number of carbonyl (C=O) groups excluding carboxylic acids is 1. The fraction of sp³-hybridized carbons (Fsp3) is 0.130. The molecule has 3 rings (SSSR count). The van der Waals surface area contributed by atoms with Crippen molar-refractivity contribution in [2.45, 2.75) is 6.92 Å². The molecule has 0 unspecified atom stereocenters. The summed E-state index contributed by atoms with van der Waals surface area (Å²) >= 11 is 0. The summed E-state index contributed by atoms with van der Waals surface area (Å²) in [5.74, 6) is 1.53. The number of methoxy groups -OCH3 is 2. The predicted molar refractivity (Wildman–Crippen MR) is 112 cm³/mol. The standard InChI is InChI=1S/C23H22N2O3/c1-17(24-19-13-7-9-15-21(19)27-2)25(20-14-8-10-16-22(20)28-3)23(26)18-11-5-4-6-12-18/h4-16H,1-3H3. The molecule has 0 aromatic heterocycles. The van der Waals surface area contributed by atoms with Crippen LogP contribution >= 0.6 is 0 Å². The molecule has 0 saturated carbocycles. The van der Waals surface area contributed by atoms with E-state index in [9.17, 15) is 4.79 Å². The van der Waals surface area contributed by atoms with Gasteiger partial charge in [0.25, 0.3) is 5.91 Å². The SMILES string of the molecule is COc1ccccc1N=C(C)N(C(=O)c1ccccc1)c1ccccc1OC. The lowest BCUT2D eigenvalue weighted by atomic mass is 10.1. The fourth-order valence-electron chi connectivity index (χ4n) is 2.90. The number of para-hydroxylation sites is 4. The topological polar surface area (TPSA) is 51.1 Å². The quantitative estimate of drug-likeness (QED) is 0.461. The molecule has 142 valence electrons. The first-order chi connectivity index (χ1) is 13.7. The van der Waals surface area contributed by atoms with E-state index in [1.807, 2.05) is 66.7 Å². The Hall–Kier alpha value is -3.60. The predicted octanol–water partition coefficient (Wildman–Crippen LogP) is 5.10. The molecule has 0 bridgehead atoms. The van der Waals surface area contributed by atoms with Gasteiger partial charge < -0.3 is 9.47 Å². The number of carbonyl (C=O) groups is 1. The Labute approximate surface area is 164 Å². The zero-order valence-corrected chi connectivity index (χ0v) is 16.1. The number of nitrogens with zero attached hydrogens (tertiary/aromatic N) is 2. The van der Waals surface area contributed by atoms with Crippen molar-refractivity contribution in [3.63, 3.8) is 0 Å². The minimum absolute atomic E-state index is 0.193. The lowest BCUT2D eigenvalue weighted by molar-refractivity contribution is 0.100. The Balaban J connectivity index is 2.13. The molecule has 0 spiro atoms. The summed E-state index contributed by atoms with van der Waals surface area (Å²) in [7, 11) is 3.17. The highest BCUT2D eigenvalue weighted by Gasteiger charge is 2.23. The summed E-state index contributed by atoms with van der Waals surface area (Å²) < 4.78 is 10.9. The van der Waals surface area contributed by atoms with Gasteiger partial charge in [-0.2, -0.15) is 0 Å². The Morgan fingerprint density at radius 3 is 2.04 bits per heavy atom. The van der Waals surface area contributed by atoms with Gasteiger partial charge in [0.05, 0.1) is 19.9 Å². The van der Waals surface area contributed by atoms with Gasteiger partial charge in [-0.05, 0) is 43.3 Å². The van der Waals surface area contributed by atoms with E-state index >= 15 is 0 Å². The monoisotopic (exact) mass is 374 g/mol. The van der Waals surface area contributed by atoms with Gasteiger partial charge in [-0.25, -0.2) is 4.99 Å². The number of anilines is 1. The second-order valence-corrected chi connectivity index (χ2v) is 6.01. The van der Waals surface area contributed by atoms with Crippen LogP contribution in [-0.2, 0) is 0 Å². The molecule has 1 amide bonds. The molecule has 0 heterocycles. The molecule has 0 atom stereocenters. The van der Waals surface area contributed by atoms with Crippen molar-refractivity contribution in [2.75, 3.05) is 19.1 Å². The molecular weight excluding hydrogens is 352 g/mol. The molecule has 0 saturated heterocycles. The molecule has 0 aliphatic heterocycles. The van der Waals surface area contributed by atoms with Crippen LogP contribution in [-0.4, -0.2) is 26.0 Å². The van der Waals surface area contributed by atoms with Gasteiger partial charge in [-0.15, -0.1) is 0 Å². The Kier molecular flexibility index (Phi) is 6.07. The Morgan fingerprint density at radius 2 is 1.36 bits per heavy atom. The molecule has 0 N–H and O–H groups in total. The lowest BCUT2D eigenvalue weighted by Gasteiger charge is -2.24. The van der Waals surface area contributed by atoms with Crippen molar-refractivity contribution in [3.05, 3.63) is 84.4 Å². The highest BCUT2D eigenvalue weighted by atomic mass is 16.5.